The molecule has 1 saturated carbocycles. The highest BCUT2D eigenvalue weighted by Gasteiger charge is 2.30. The molecular formula is C15H21N3O2S. The number of nitrogens with one attached hydrogen (secondary N) is 2. The lowest BCUT2D eigenvalue weighted by atomic mass is 10.0. The Hall–Kier alpha value is -1.24. The zero-order chi connectivity index (χ0) is 15.0. The molecule has 0 aromatic carbocycles. The molecule has 3 rings (SSSR count). The van der Waals surface area contributed by atoms with E-state index in [4.69, 9.17) is 0 Å². The molecule has 3 N–H and O–H groups in total. The van der Waals surface area contributed by atoms with Gasteiger partial charge in [0.25, 0.3) is 5.56 Å². The van der Waals surface area contributed by atoms with E-state index in [1.165, 1.54) is 0 Å². The Morgan fingerprint density at radius 2 is 2.10 bits per heavy atom. The summed E-state index contributed by atoms with van der Waals surface area (Å²) in [5.74, 6) is 0.635. The van der Waals surface area contributed by atoms with Crippen molar-refractivity contribution >= 4 is 21.6 Å². The molecule has 6 heteroatoms. The molecule has 2 aromatic heterocycles. The average molecular weight is 307 g/mol. The standard InChI is InChI=1S/C15H21N3O2S/c1-9-10(2)21-14-12(9)13(19)17-11(18-14)7-16-8-15(20)5-3-4-6-15/h16,20H,3-8H2,1-2H3,(H,17,18,19). The maximum absolute atomic E-state index is 12.2. The molecule has 0 atom stereocenters. The van der Waals surface area contributed by atoms with Gasteiger partial charge in [-0.05, 0) is 32.3 Å². The van der Waals surface area contributed by atoms with Crippen LogP contribution in [-0.2, 0) is 6.54 Å². The molecule has 0 amide bonds. The lowest BCUT2D eigenvalue weighted by molar-refractivity contribution is 0.0473. The molecule has 0 radical (unpaired) electrons. The second kappa shape index (κ2) is 5.51. The van der Waals surface area contributed by atoms with Crippen LogP contribution < -0.4 is 10.9 Å². The summed E-state index contributed by atoms with van der Waals surface area (Å²) in [4.78, 5) is 21.4. The third-order valence-corrected chi connectivity index (χ3v) is 5.47. The van der Waals surface area contributed by atoms with Crippen molar-refractivity contribution in [2.24, 2.45) is 0 Å². The van der Waals surface area contributed by atoms with Gasteiger partial charge in [-0.1, -0.05) is 12.8 Å². The van der Waals surface area contributed by atoms with Crippen LogP contribution in [0.5, 0.6) is 0 Å². The van der Waals surface area contributed by atoms with Crippen LogP contribution in [0.25, 0.3) is 10.2 Å². The minimum absolute atomic E-state index is 0.0711. The first-order chi connectivity index (χ1) is 9.98. The zero-order valence-corrected chi connectivity index (χ0v) is 13.3. The number of aliphatic hydroxyl groups is 1. The summed E-state index contributed by atoms with van der Waals surface area (Å²) in [5.41, 5.74) is 0.363. The summed E-state index contributed by atoms with van der Waals surface area (Å²) in [6.07, 6.45) is 3.89. The summed E-state index contributed by atoms with van der Waals surface area (Å²) >= 11 is 1.56. The Labute approximate surface area is 127 Å². The molecule has 5 nitrogen and oxygen atoms in total. The van der Waals surface area contributed by atoms with E-state index in [1.54, 1.807) is 11.3 Å². The van der Waals surface area contributed by atoms with Crippen LogP contribution in [-0.4, -0.2) is 27.2 Å². The maximum atomic E-state index is 12.2. The normalized spacial score (nSPS) is 17.7. The zero-order valence-electron chi connectivity index (χ0n) is 12.5. The van der Waals surface area contributed by atoms with Gasteiger partial charge in [-0.2, -0.15) is 0 Å². The molecule has 0 aliphatic heterocycles. The van der Waals surface area contributed by atoms with Crippen LogP contribution in [0.15, 0.2) is 4.79 Å². The van der Waals surface area contributed by atoms with Crippen LogP contribution >= 0.6 is 11.3 Å². The third-order valence-electron chi connectivity index (χ3n) is 4.37. The van der Waals surface area contributed by atoms with Gasteiger partial charge in [0.2, 0.25) is 0 Å². The number of fused-ring (bicyclic) bond motifs is 1. The summed E-state index contributed by atoms with van der Waals surface area (Å²) in [6.45, 7) is 4.99. The van der Waals surface area contributed by atoms with Crippen LogP contribution in [0.2, 0.25) is 0 Å². The van der Waals surface area contributed by atoms with Crippen molar-refractivity contribution in [2.45, 2.75) is 51.7 Å². The summed E-state index contributed by atoms with van der Waals surface area (Å²) < 4.78 is 0. The maximum Gasteiger partial charge on any atom is 0.259 e. The second-order valence-electron chi connectivity index (χ2n) is 6.01. The first-order valence-corrected chi connectivity index (χ1v) is 8.22. The highest BCUT2D eigenvalue weighted by molar-refractivity contribution is 7.18. The van der Waals surface area contributed by atoms with Gasteiger partial charge in [-0.3, -0.25) is 4.79 Å². The minimum Gasteiger partial charge on any atom is -0.389 e. The lowest BCUT2D eigenvalue weighted by Gasteiger charge is -2.22. The molecule has 2 aromatic rings. The van der Waals surface area contributed by atoms with Gasteiger partial charge < -0.3 is 15.4 Å². The van der Waals surface area contributed by atoms with E-state index in [0.29, 0.717) is 24.3 Å². The van der Waals surface area contributed by atoms with Gasteiger partial charge in [-0.15, -0.1) is 11.3 Å². The molecule has 21 heavy (non-hydrogen) atoms. The predicted octanol–water partition coefficient (Wildman–Crippen LogP) is 2.00. The molecule has 1 fully saturated rings. The van der Waals surface area contributed by atoms with Gasteiger partial charge in [0.15, 0.2) is 0 Å². The van der Waals surface area contributed by atoms with Gasteiger partial charge >= 0.3 is 0 Å². The molecule has 0 bridgehead atoms. The van der Waals surface area contributed by atoms with Crippen molar-refractivity contribution in [1.82, 2.24) is 15.3 Å². The van der Waals surface area contributed by atoms with Crippen LogP contribution in [0.3, 0.4) is 0 Å². The first-order valence-electron chi connectivity index (χ1n) is 7.40. The fraction of sp³-hybridized carbons (Fsp3) is 0.600. The lowest BCUT2D eigenvalue weighted by Crippen LogP contribution is -2.38. The van der Waals surface area contributed by atoms with E-state index in [9.17, 15) is 9.90 Å². The topological polar surface area (TPSA) is 78.0 Å². The Morgan fingerprint density at radius 1 is 1.38 bits per heavy atom. The molecular weight excluding hydrogens is 286 g/mol. The Balaban J connectivity index is 1.74. The summed E-state index contributed by atoms with van der Waals surface area (Å²) in [6, 6.07) is 0. The monoisotopic (exact) mass is 307 g/mol. The van der Waals surface area contributed by atoms with E-state index in [0.717, 1.165) is 41.0 Å². The Bertz CT molecular complexity index is 714. The fourth-order valence-corrected chi connectivity index (χ4v) is 4.06. The molecule has 1 aliphatic carbocycles. The van der Waals surface area contributed by atoms with Gasteiger partial charge in [-0.25, -0.2) is 4.98 Å². The highest BCUT2D eigenvalue weighted by atomic mass is 32.1. The van der Waals surface area contributed by atoms with E-state index in [1.807, 2.05) is 13.8 Å². The van der Waals surface area contributed by atoms with E-state index in [-0.39, 0.29) is 5.56 Å². The molecule has 0 saturated heterocycles. The van der Waals surface area contributed by atoms with Gasteiger partial charge in [0.1, 0.15) is 10.7 Å². The van der Waals surface area contributed by atoms with Crippen molar-refractivity contribution in [1.29, 1.82) is 0 Å². The van der Waals surface area contributed by atoms with Crippen molar-refractivity contribution in [3.8, 4) is 0 Å². The van der Waals surface area contributed by atoms with E-state index >= 15 is 0 Å². The number of hydrogen-bond acceptors (Lipinski definition) is 5. The van der Waals surface area contributed by atoms with Crippen LogP contribution in [0.1, 0.15) is 41.9 Å². The van der Waals surface area contributed by atoms with Crippen molar-refractivity contribution in [2.75, 3.05) is 6.54 Å². The number of nitrogens with zero attached hydrogens (tertiary/aromatic N) is 1. The fourth-order valence-electron chi connectivity index (χ4n) is 3.01. The smallest absolute Gasteiger partial charge is 0.259 e. The van der Waals surface area contributed by atoms with Gasteiger partial charge in [0, 0.05) is 11.4 Å². The first kappa shape index (κ1) is 14.7. The van der Waals surface area contributed by atoms with Crippen LogP contribution in [0, 0.1) is 13.8 Å². The Kier molecular flexibility index (Phi) is 3.86. The predicted molar refractivity (Wildman–Crippen MR) is 84.8 cm³/mol. The largest absolute Gasteiger partial charge is 0.389 e. The average Bonchev–Trinajstić information content (AvgIpc) is 2.95. The summed E-state index contributed by atoms with van der Waals surface area (Å²) in [7, 11) is 0. The minimum atomic E-state index is -0.583. The van der Waals surface area contributed by atoms with Crippen LogP contribution in [0.4, 0.5) is 0 Å². The van der Waals surface area contributed by atoms with Crippen molar-refractivity contribution in [3.05, 3.63) is 26.6 Å². The molecule has 114 valence electrons. The molecule has 0 spiro atoms. The third kappa shape index (κ3) is 2.88. The number of H-pyrrole nitrogens is 1. The van der Waals surface area contributed by atoms with Crippen molar-refractivity contribution in [3.63, 3.8) is 0 Å². The number of aryl methyl sites for hydroxylation is 2. The van der Waals surface area contributed by atoms with E-state index < -0.39 is 5.60 Å². The molecule has 1 aliphatic rings. The summed E-state index contributed by atoms with van der Waals surface area (Å²) in [5, 5.41) is 14.2. The number of aromatic nitrogens is 2. The second-order valence-corrected chi connectivity index (χ2v) is 7.21. The quantitative estimate of drug-likeness (QED) is 0.807. The van der Waals surface area contributed by atoms with Crippen molar-refractivity contribution < 1.29 is 5.11 Å². The highest BCUT2D eigenvalue weighted by Crippen LogP contribution is 2.28. The van der Waals surface area contributed by atoms with Gasteiger partial charge in [0.05, 0.1) is 17.5 Å². The SMILES string of the molecule is Cc1sc2nc(CNCC3(O)CCCC3)[nH]c(=O)c2c1C. The number of aromatic amines is 1. The number of rotatable bonds is 4. The Morgan fingerprint density at radius 3 is 2.81 bits per heavy atom. The number of hydrogen-bond donors (Lipinski definition) is 3. The molecule has 0 unspecified atom stereocenters. The molecule has 2 heterocycles. The van der Waals surface area contributed by atoms with E-state index in [2.05, 4.69) is 15.3 Å². The number of thiophene rings is 1.